The fourth-order valence-electron chi connectivity index (χ4n) is 5.73. The molecule has 1 aliphatic heterocycles. The predicted molar refractivity (Wildman–Crippen MR) is 157 cm³/mol. The number of nitrogens with zero attached hydrogens (tertiary/aromatic N) is 4. The Morgan fingerprint density at radius 3 is 2.64 bits per heavy atom. The summed E-state index contributed by atoms with van der Waals surface area (Å²) >= 11 is 0. The fourth-order valence-corrected chi connectivity index (χ4v) is 5.73. The van der Waals surface area contributed by atoms with Crippen molar-refractivity contribution in [2.75, 3.05) is 24.5 Å². The monoisotopic (exact) mass is 527 g/mol. The number of nitrogens with one attached hydrogen (secondary N) is 1. The van der Waals surface area contributed by atoms with Gasteiger partial charge in [-0.15, -0.1) is 0 Å². The van der Waals surface area contributed by atoms with Gasteiger partial charge in [0.2, 0.25) is 5.95 Å². The van der Waals surface area contributed by atoms with Crippen molar-refractivity contribution < 1.29 is 5.11 Å². The Morgan fingerprint density at radius 2 is 1.90 bits per heavy atom. The minimum Gasteiger partial charge on any atom is -0.378 e. The third-order valence-corrected chi connectivity index (χ3v) is 8.15. The van der Waals surface area contributed by atoms with Gasteiger partial charge in [0, 0.05) is 43.5 Å². The molecule has 1 aromatic carbocycles. The molecule has 1 aliphatic carbocycles. The minimum atomic E-state index is -0.970. The Labute approximate surface area is 231 Å². The Morgan fingerprint density at radius 1 is 1.13 bits per heavy atom. The lowest BCUT2D eigenvalue weighted by molar-refractivity contribution is 0.0610. The second-order valence-corrected chi connectivity index (χ2v) is 11.1. The van der Waals surface area contributed by atoms with Gasteiger partial charge in [-0.05, 0) is 63.5 Å². The van der Waals surface area contributed by atoms with Crippen molar-refractivity contribution in [1.82, 2.24) is 19.9 Å². The van der Waals surface area contributed by atoms with Gasteiger partial charge >= 0.3 is 0 Å². The van der Waals surface area contributed by atoms with Crippen molar-refractivity contribution >= 4 is 17.0 Å². The van der Waals surface area contributed by atoms with Crippen molar-refractivity contribution in [3.8, 4) is 11.8 Å². The van der Waals surface area contributed by atoms with E-state index in [0.29, 0.717) is 42.6 Å². The molecule has 0 amide bonds. The highest BCUT2D eigenvalue weighted by Gasteiger charge is 2.27. The lowest BCUT2D eigenvalue weighted by Gasteiger charge is -2.32. The Balaban J connectivity index is 1.32. The van der Waals surface area contributed by atoms with E-state index in [9.17, 15) is 9.90 Å². The van der Waals surface area contributed by atoms with Crippen LogP contribution in [0.25, 0.3) is 11.0 Å². The first-order valence-electron chi connectivity index (χ1n) is 14.7. The largest absolute Gasteiger partial charge is 0.378 e. The Hall–Kier alpha value is -3.21. The predicted octanol–water partition coefficient (Wildman–Crippen LogP) is 4.44. The van der Waals surface area contributed by atoms with Gasteiger partial charge in [-0.25, -0.2) is 4.98 Å². The number of aliphatic hydroxyl groups is 1. The molecule has 5 rings (SSSR count). The van der Waals surface area contributed by atoms with Crippen LogP contribution in [0.4, 0.5) is 5.95 Å². The summed E-state index contributed by atoms with van der Waals surface area (Å²) in [6.07, 6.45) is 11.3. The molecule has 0 atom stereocenters. The van der Waals surface area contributed by atoms with E-state index in [1.807, 2.05) is 6.20 Å². The van der Waals surface area contributed by atoms with Gasteiger partial charge in [-0.3, -0.25) is 9.36 Å². The molecule has 2 aromatic heterocycles. The van der Waals surface area contributed by atoms with Gasteiger partial charge in [-0.1, -0.05) is 61.9 Å². The number of anilines is 1. The molecule has 1 saturated carbocycles. The standard InChI is InChI=1S/C32H41N5O2/c1-2-3-20-37-29(38)23-26(12-18-32(39)16-8-5-9-17-32)28-24-34-31(35-30(28)37)36-21-14-27(15-22-36)33-19-13-25-10-6-4-7-11-25/h4,6-7,10-11,23-24,27,33,39H,2-3,5,8-9,13-17,19-22H2,1H3. The molecule has 0 unspecified atom stereocenters. The van der Waals surface area contributed by atoms with Crippen LogP contribution in [-0.2, 0) is 13.0 Å². The molecule has 2 aliphatic rings. The summed E-state index contributed by atoms with van der Waals surface area (Å²) in [7, 11) is 0. The van der Waals surface area contributed by atoms with Crippen LogP contribution in [-0.4, -0.2) is 50.9 Å². The number of piperidine rings is 1. The zero-order valence-corrected chi connectivity index (χ0v) is 23.2. The molecule has 7 heteroatoms. The molecule has 0 radical (unpaired) electrons. The van der Waals surface area contributed by atoms with Gasteiger partial charge < -0.3 is 15.3 Å². The summed E-state index contributed by atoms with van der Waals surface area (Å²) in [6, 6.07) is 12.7. The van der Waals surface area contributed by atoms with Gasteiger partial charge in [0.15, 0.2) is 0 Å². The van der Waals surface area contributed by atoms with Gasteiger partial charge in [0.25, 0.3) is 5.56 Å². The highest BCUT2D eigenvalue weighted by Crippen LogP contribution is 2.28. The van der Waals surface area contributed by atoms with E-state index in [2.05, 4.69) is 59.3 Å². The summed E-state index contributed by atoms with van der Waals surface area (Å²) in [5.41, 5.74) is 1.54. The normalized spacial score (nSPS) is 17.6. The van der Waals surface area contributed by atoms with Crippen molar-refractivity contribution in [2.45, 2.75) is 89.3 Å². The molecule has 0 bridgehead atoms. The maximum Gasteiger partial charge on any atom is 0.253 e. The summed E-state index contributed by atoms with van der Waals surface area (Å²) in [5, 5.41) is 15.4. The number of hydrogen-bond acceptors (Lipinski definition) is 6. The molecule has 0 spiro atoms. The van der Waals surface area contributed by atoms with E-state index in [1.165, 1.54) is 5.56 Å². The summed E-state index contributed by atoms with van der Waals surface area (Å²) in [6.45, 7) is 5.47. The molecule has 206 valence electrons. The highest BCUT2D eigenvalue weighted by atomic mass is 16.3. The number of fused-ring (bicyclic) bond motifs is 1. The van der Waals surface area contributed by atoms with Crippen LogP contribution in [0.1, 0.15) is 75.8 Å². The fraction of sp³-hybridized carbons (Fsp3) is 0.531. The zero-order chi connectivity index (χ0) is 27.1. The smallest absolute Gasteiger partial charge is 0.253 e. The van der Waals surface area contributed by atoms with Crippen molar-refractivity contribution in [3.63, 3.8) is 0 Å². The number of unbranched alkanes of at least 4 members (excludes halogenated alkanes) is 1. The van der Waals surface area contributed by atoms with Crippen LogP contribution in [0.15, 0.2) is 47.4 Å². The average Bonchev–Trinajstić information content (AvgIpc) is 2.97. The lowest BCUT2D eigenvalue weighted by Crippen LogP contribution is -2.43. The molecule has 3 heterocycles. The van der Waals surface area contributed by atoms with Gasteiger partial charge in [0.1, 0.15) is 11.2 Å². The Kier molecular flexibility index (Phi) is 8.95. The SMILES string of the molecule is CCCCn1c(=O)cc(C#CC2(O)CCCCC2)c2cnc(N3CCC(NCCc4ccccc4)CC3)nc21. The summed E-state index contributed by atoms with van der Waals surface area (Å²) in [5.74, 6) is 6.91. The van der Waals surface area contributed by atoms with Crippen molar-refractivity contribution in [2.24, 2.45) is 0 Å². The first-order valence-corrected chi connectivity index (χ1v) is 14.7. The number of aryl methyl sites for hydroxylation is 1. The van der Waals surface area contributed by atoms with E-state index in [-0.39, 0.29) is 5.56 Å². The summed E-state index contributed by atoms with van der Waals surface area (Å²) < 4.78 is 1.77. The molecule has 3 aromatic rings. The van der Waals surface area contributed by atoms with Crippen LogP contribution in [0.5, 0.6) is 0 Å². The molecular formula is C32H41N5O2. The number of benzene rings is 1. The lowest BCUT2D eigenvalue weighted by atomic mass is 9.85. The van der Waals surface area contributed by atoms with E-state index in [4.69, 9.17) is 9.97 Å². The molecular weight excluding hydrogens is 486 g/mol. The molecule has 39 heavy (non-hydrogen) atoms. The highest BCUT2D eigenvalue weighted by molar-refractivity contribution is 5.82. The van der Waals surface area contributed by atoms with Crippen LogP contribution in [0.2, 0.25) is 0 Å². The minimum absolute atomic E-state index is 0.0955. The summed E-state index contributed by atoms with van der Waals surface area (Å²) in [4.78, 5) is 25.1. The van der Waals surface area contributed by atoms with E-state index in [0.717, 1.165) is 76.4 Å². The maximum atomic E-state index is 13.2. The second-order valence-electron chi connectivity index (χ2n) is 11.1. The number of pyridine rings is 1. The van der Waals surface area contributed by atoms with Crippen molar-refractivity contribution in [1.29, 1.82) is 0 Å². The third-order valence-electron chi connectivity index (χ3n) is 8.15. The first kappa shape index (κ1) is 27.4. The number of aromatic nitrogens is 3. The Bertz CT molecular complexity index is 1360. The average molecular weight is 528 g/mol. The van der Waals surface area contributed by atoms with E-state index >= 15 is 0 Å². The number of rotatable bonds is 8. The van der Waals surface area contributed by atoms with Crippen LogP contribution >= 0.6 is 0 Å². The maximum absolute atomic E-state index is 13.2. The van der Waals surface area contributed by atoms with Crippen molar-refractivity contribution in [3.05, 3.63) is 64.1 Å². The quantitative estimate of drug-likeness (QED) is 0.422. The molecule has 1 saturated heterocycles. The second kappa shape index (κ2) is 12.8. The topological polar surface area (TPSA) is 83.3 Å². The van der Waals surface area contributed by atoms with Crippen LogP contribution in [0.3, 0.4) is 0 Å². The molecule has 2 fully saturated rings. The van der Waals surface area contributed by atoms with E-state index < -0.39 is 5.60 Å². The first-order chi connectivity index (χ1) is 19.0. The van der Waals surface area contributed by atoms with Gasteiger partial charge in [0.05, 0.1) is 5.39 Å². The number of hydrogen-bond donors (Lipinski definition) is 2. The zero-order valence-electron chi connectivity index (χ0n) is 23.2. The molecule has 2 N–H and O–H groups in total. The third kappa shape index (κ3) is 6.87. The van der Waals surface area contributed by atoms with Crippen LogP contribution < -0.4 is 15.8 Å². The van der Waals surface area contributed by atoms with E-state index in [1.54, 1.807) is 10.6 Å². The molecule has 7 nitrogen and oxygen atoms in total. The van der Waals surface area contributed by atoms with Gasteiger partial charge in [-0.2, -0.15) is 4.98 Å². The van der Waals surface area contributed by atoms with Crippen LogP contribution in [0, 0.1) is 11.8 Å².